The number of morpholine rings is 1. The maximum absolute atomic E-state index is 15.2. The average Bonchev–Trinajstić information content (AvgIpc) is 2.97. The molecule has 2 aliphatic rings. The Balaban J connectivity index is 1.31. The van der Waals surface area contributed by atoms with E-state index in [2.05, 4.69) is 25.9 Å². The van der Waals surface area contributed by atoms with Crippen LogP contribution in [0.15, 0.2) is 42.5 Å². The minimum Gasteiger partial charge on any atom is -0.488 e. The molecule has 2 aromatic carbocycles. The molecule has 222 valence electrons. The molecule has 13 nitrogen and oxygen atoms in total. The van der Waals surface area contributed by atoms with E-state index < -0.39 is 24.4 Å². The highest BCUT2D eigenvalue weighted by molar-refractivity contribution is 6.00. The summed E-state index contributed by atoms with van der Waals surface area (Å²) in [6.45, 7) is 4.84. The van der Waals surface area contributed by atoms with Gasteiger partial charge in [-0.25, -0.2) is 19.2 Å². The molecule has 0 atom stereocenters. The van der Waals surface area contributed by atoms with Crippen LogP contribution >= 0.6 is 0 Å². The molecular weight excluding hydrogens is 551 g/mol. The summed E-state index contributed by atoms with van der Waals surface area (Å²) in [5, 5.41) is 17.4. The Hall–Kier alpha value is -4.37. The fourth-order valence-corrected chi connectivity index (χ4v) is 4.38. The maximum Gasteiger partial charge on any atom is 0.323 e. The number of ether oxygens (including phenoxy) is 4. The molecule has 0 aliphatic carbocycles. The van der Waals surface area contributed by atoms with Gasteiger partial charge in [0, 0.05) is 30.0 Å². The van der Waals surface area contributed by atoms with Crippen LogP contribution in [-0.4, -0.2) is 72.8 Å². The fraction of sp³-hybridized carbons (Fsp3) is 0.357. The standard InChI is InChI=1S/C28H31FN6O7/c1-3-40-24-23(27-41-16(2)42-27)33-25(34-26(24)30-10-12-36)17-4-9-21(20(29)14-17)32-28(38)31-18-5-7-19(8-6-18)35-11-13-39-15-22(35)37/h4-9,14,16,27,36H,3,10-13,15H2,1-2H3,(H,30,33,34)(H2,31,32,38). The number of aromatic nitrogens is 2. The summed E-state index contributed by atoms with van der Waals surface area (Å²) in [7, 11) is 0. The van der Waals surface area contributed by atoms with Gasteiger partial charge in [0.05, 0.1) is 25.5 Å². The van der Waals surface area contributed by atoms with Crippen LogP contribution in [0.4, 0.5) is 32.1 Å². The summed E-state index contributed by atoms with van der Waals surface area (Å²) in [4.78, 5) is 35.3. The van der Waals surface area contributed by atoms with Gasteiger partial charge in [-0.3, -0.25) is 4.79 Å². The second-order valence-corrected chi connectivity index (χ2v) is 9.28. The van der Waals surface area contributed by atoms with Gasteiger partial charge in [-0.15, -0.1) is 0 Å². The molecule has 3 amide bonds. The molecule has 0 unspecified atom stereocenters. The molecule has 3 heterocycles. The summed E-state index contributed by atoms with van der Waals surface area (Å²) in [6, 6.07) is 10.2. The van der Waals surface area contributed by atoms with Gasteiger partial charge in [-0.05, 0) is 56.3 Å². The number of carbonyl (C=O) groups is 2. The number of nitrogens with one attached hydrogen (secondary N) is 3. The number of nitrogens with zero attached hydrogens (tertiary/aromatic N) is 3. The van der Waals surface area contributed by atoms with Crippen LogP contribution in [0, 0.1) is 5.82 Å². The first kappa shape index (κ1) is 29.1. The van der Waals surface area contributed by atoms with Crippen LogP contribution in [-0.2, 0) is 19.0 Å². The Bertz CT molecular complexity index is 1430. The van der Waals surface area contributed by atoms with Crippen LogP contribution in [0.2, 0.25) is 0 Å². The van der Waals surface area contributed by atoms with Crippen LogP contribution in [0.3, 0.4) is 0 Å². The number of rotatable bonds is 10. The average molecular weight is 583 g/mol. The van der Waals surface area contributed by atoms with Crippen LogP contribution < -0.4 is 25.6 Å². The van der Waals surface area contributed by atoms with Gasteiger partial charge >= 0.3 is 6.03 Å². The van der Waals surface area contributed by atoms with Crippen molar-refractivity contribution in [3.05, 3.63) is 54.0 Å². The van der Waals surface area contributed by atoms with E-state index in [9.17, 15) is 14.7 Å². The second kappa shape index (κ2) is 13.1. The van der Waals surface area contributed by atoms with Crippen molar-refractivity contribution in [1.29, 1.82) is 0 Å². The minimum atomic E-state index is -0.795. The molecule has 2 saturated heterocycles. The number of halogens is 1. The number of hydrogen-bond donors (Lipinski definition) is 4. The van der Waals surface area contributed by atoms with Gasteiger partial charge in [-0.1, -0.05) is 0 Å². The van der Waals surface area contributed by atoms with Crippen molar-refractivity contribution in [3.63, 3.8) is 0 Å². The smallest absolute Gasteiger partial charge is 0.323 e. The topological polar surface area (TPSA) is 156 Å². The number of carbonyl (C=O) groups excluding carboxylic acids is 2. The molecule has 42 heavy (non-hydrogen) atoms. The van der Waals surface area contributed by atoms with Crippen molar-refractivity contribution in [2.24, 2.45) is 0 Å². The number of anilines is 4. The van der Waals surface area contributed by atoms with Crippen LogP contribution in [0.5, 0.6) is 5.75 Å². The van der Waals surface area contributed by atoms with Crippen molar-refractivity contribution >= 4 is 34.8 Å². The van der Waals surface area contributed by atoms with Crippen molar-refractivity contribution in [1.82, 2.24) is 9.97 Å². The van der Waals surface area contributed by atoms with Gasteiger partial charge in [0.2, 0.25) is 6.29 Å². The number of hydrogen-bond acceptors (Lipinski definition) is 10. The normalized spacial score (nSPS) is 18.3. The third kappa shape index (κ3) is 6.57. The fourth-order valence-electron chi connectivity index (χ4n) is 4.38. The highest BCUT2D eigenvalue weighted by atomic mass is 19.1. The lowest BCUT2D eigenvalue weighted by atomic mass is 10.1. The van der Waals surface area contributed by atoms with Crippen molar-refractivity contribution in [2.75, 3.05) is 60.4 Å². The van der Waals surface area contributed by atoms with E-state index in [1.807, 2.05) is 0 Å². The minimum absolute atomic E-state index is 0.0308. The zero-order chi connectivity index (χ0) is 29.6. The lowest BCUT2D eigenvalue weighted by molar-refractivity contribution is -0.384. The van der Waals surface area contributed by atoms with Gasteiger partial charge in [-0.2, -0.15) is 0 Å². The molecule has 4 N–H and O–H groups in total. The molecule has 3 aromatic rings. The van der Waals surface area contributed by atoms with Crippen molar-refractivity contribution in [2.45, 2.75) is 26.4 Å². The molecule has 14 heteroatoms. The van der Waals surface area contributed by atoms with E-state index in [-0.39, 0.29) is 37.2 Å². The predicted octanol–water partition coefficient (Wildman–Crippen LogP) is 3.48. The Labute approximate surface area is 240 Å². The van der Waals surface area contributed by atoms with E-state index >= 15 is 4.39 Å². The maximum atomic E-state index is 15.2. The Morgan fingerprint density at radius 2 is 1.95 bits per heavy atom. The first-order valence-electron chi connectivity index (χ1n) is 13.4. The van der Waals surface area contributed by atoms with E-state index in [1.165, 1.54) is 12.1 Å². The monoisotopic (exact) mass is 582 g/mol. The number of aliphatic hydroxyl groups excluding tert-OH is 1. The molecule has 0 spiro atoms. The summed E-state index contributed by atoms with van der Waals surface area (Å²) in [5.74, 6) is -0.0791. The summed E-state index contributed by atoms with van der Waals surface area (Å²) >= 11 is 0. The Morgan fingerprint density at radius 1 is 1.17 bits per heavy atom. The lowest BCUT2D eigenvalue weighted by Crippen LogP contribution is -2.41. The molecule has 2 fully saturated rings. The molecule has 5 rings (SSSR count). The first-order valence-corrected chi connectivity index (χ1v) is 13.4. The molecule has 2 aliphatic heterocycles. The quantitative estimate of drug-likeness (QED) is 0.279. The highest BCUT2D eigenvalue weighted by Crippen LogP contribution is 2.40. The SMILES string of the molecule is CCOc1c(NCCO)nc(-c2ccc(NC(=O)Nc3ccc(N4CCOCC4=O)cc3)c(F)c2)nc1C1OC(C)O1. The van der Waals surface area contributed by atoms with Gasteiger partial charge in [0.25, 0.3) is 5.91 Å². The first-order chi connectivity index (χ1) is 20.4. The number of aliphatic hydroxyl groups is 1. The molecule has 0 saturated carbocycles. The van der Waals surface area contributed by atoms with E-state index in [0.717, 1.165) is 0 Å². The highest BCUT2D eigenvalue weighted by Gasteiger charge is 2.35. The van der Waals surface area contributed by atoms with E-state index in [4.69, 9.17) is 18.9 Å². The number of benzene rings is 2. The number of amides is 3. The summed E-state index contributed by atoms with van der Waals surface area (Å²) in [6.07, 6.45) is -1.21. The Morgan fingerprint density at radius 3 is 2.62 bits per heavy atom. The lowest BCUT2D eigenvalue weighted by Gasteiger charge is -2.34. The molecular formula is C28H31FN6O7. The van der Waals surface area contributed by atoms with Gasteiger partial charge in [0.15, 0.2) is 23.7 Å². The van der Waals surface area contributed by atoms with Crippen molar-refractivity contribution in [3.8, 4) is 17.1 Å². The van der Waals surface area contributed by atoms with Crippen LogP contribution in [0.1, 0.15) is 25.8 Å². The zero-order valence-electron chi connectivity index (χ0n) is 23.1. The van der Waals surface area contributed by atoms with E-state index in [1.54, 1.807) is 49.1 Å². The van der Waals surface area contributed by atoms with Gasteiger partial charge in [0.1, 0.15) is 18.1 Å². The zero-order valence-corrected chi connectivity index (χ0v) is 23.1. The molecule has 0 bridgehead atoms. The van der Waals surface area contributed by atoms with E-state index in [0.29, 0.717) is 54.0 Å². The van der Waals surface area contributed by atoms with Crippen molar-refractivity contribution < 1.29 is 38.0 Å². The largest absolute Gasteiger partial charge is 0.488 e. The second-order valence-electron chi connectivity index (χ2n) is 9.28. The Kier molecular flexibility index (Phi) is 9.07. The third-order valence-electron chi connectivity index (χ3n) is 6.34. The predicted molar refractivity (Wildman–Crippen MR) is 151 cm³/mol. The summed E-state index contributed by atoms with van der Waals surface area (Å²) in [5.41, 5.74) is 1.75. The third-order valence-corrected chi connectivity index (χ3v) is 6.34. The summed E-state index contributed by atoms with van der Waals surface area (Å²) < 4.78 is 37.3. The van der Waals surface area contributed by atoms with Gasteiger partial charge < -0.3 is 44.9 Å². The molecule has 0 radical (unpaired) electrons. The molecule has 1 aromatic heterocycles. The number of urea groups is 1. The van der Waals surface area contributed by atoms with Crippen LogP contribution in [0.25, 0.3) is 11.4 Å².